The van der Waals surface area contributed by atoms with Crippen LogP contribution in [0.3, 0.4) is 0 Å². The first kappa shape index (κ1) is 16.2. The van der Waals surface area contributed by atoms with Gasteiger partial charge in [-0.3, -0.25) is 0 Å². The Labute approximate surface area is 135 Å². The monoisotopic (exact) mass is 320 g/mol. The number of hydrogen-bond acceptors (Lipinski definition) is 4. The molecule has 0 saturated carbocycles. The first-order valence-corrected chi connectivity index (χ1v) is 8.17. The molecule has 1 aromatic heterocycles. The molecule has 2 heterocycles. The lowest BCUT2D eigenvalue weighted by Crippen LogP contribution is -2.35. The summed E-state index contributed by atoms with van der Waals surface area (Å²) >= 11 is 0. The van der Waals surface area contributed by atoms with Crippen molar-refractivity contribution < 1.29 is 9.13 Å². The summed E-state index contributed by atoms with van der Waals surface area (Å²) < 4.78 is 20.1. The SMILES string of the molecule is Cc1[nH]c2c(COCN)cc(F)c(NC3CCNCC3)c2c1C. The molecule has 23 heavy (non-hydrogen) atoms. The van der Waals surface area contributed by atoms with Gasteiger partial charge in [0.2, 0.25) is 0 Å². The van der Waals surface area contributed by atoms with Crippen LogP contribution >= 0.6 is 0 Å². The van der Waals surface area contributed by atoms with Crippen LogP contribution in [0.2, 0.25) is 0 Å². The minimum atomic E-state index is -0.228. The van der Waals surface area contributed by atoms with Gasteiger partial charge in [0.05, 0.1) is 24.5 Å². The van der Waals surface area contributed by atoms with E-state index in [9.17, 15) is 4.39 Å². The summed E-state index contributed by atoms with van der Waals surface area (Å²) in [6.45, 7) is 6.39. The number of halogens is 1. The molecule has 0 bridgehead atoms. The van der Waals surface area contributed by atoms with Crippen LogP contribution in [0.25, 0.3) is 10.9 Å². The number of ether oxygens (including phenoxy) is 1. The Bertz CT molecular complexity index is 692. The van der Waals surface area contributed by atoms with Gasteiger partial charge in [-0.05, 0) is 51.4 Å². The van der Waals surface area contributed by atoms with Crippen LogP contribution in [0.5, 0.6) is 0 Å². The number of nitrogens with one attached hydrogen (secondary N) is 3. The summed E-state index contributed by atoms with van der Waals surface area (Å²) in [5.41, 5.74) is 9.87. The molecule has 0 amide bonds. The molecule has 2 aromatic rings. The van der Waals surface area contributed by atoms with E-state index in [1.54, 1.807) is 6.07 Å². The summed E-state index contributed by atoms with van der Waals surface area (Å²) in [4.78, 5) is 3.37. The van der Waals surface area contributed by atoms with Crippen molar-refractivity contribution in [1.29, 1.82) is 0 Å². The van der Waals surface area contributed by atoms with E-state index in [1.807, 2.05) is 13.8 Å². The fourth-order valence-electron chi connectivity index (χ4n) is 3.28. The molecule has 1 aliphatic rings. The smallest absolute Gasteiger partial charge is 0.147 e. The molecule has 0 radical (unpaired) electrons. The van der Waals surface area contributed by atoms with E-state index < -0.39 is 0 Å². The molecule has 3 rings (SSSR count). The Kier molecular flexibility index (Phi) is 4.84. The van der Waals surface area contributed by atoms with Crippen LogP contribution in [0.1, 0.15) is 29.7 Å². The van der Waals surface area contributed by atoms with Crippen molar-refractivity contribution in [2.75, 3.05) is 25.1 Å². The van der Waals surface area contributed by atoms with E-state index in [4.69, 9.17) is 10.5 Å². The van der Waals surface area contributed by atoms with Gasteiger partial charge in [0.15, 0.2) is 0 Å². The van der Waals surface area contributed by atoms with Crippen LogP contribution in [0, 0.1) is 19.7 Å². The number of hydrogen-bond donors (Lipinski definition) is 4. The van der Waals surface area contributed by atoms with E-state index in [-0.39, 0.29) is 12.5 Å². The van der Waals surface area contributed by atoms with E-state index in [0.717, 1.165) is 53.7 Å². The molecule has 0 unspecified atom stereocenters. The van der Waals surface area contributed by atoms with Gasteiger partial charge >= 0.3 is 0 Å². The number of fused-ring (bicyclic) bond motifs is 1. The molecule has 5 nitrogen and oxygen atoms in total. The van der Waals surface area contributed by atoms with E-state index in [0.29, 0.717) is 18.3 Å². The third-order valence-corrected chi connectivity index (χ3v) is 4.67. The predicted molar refractivity (Wildman–Crippen MR) is 91.1 cm³/mol. The van der Waals surface area contributed by atoms with Gasteiger partial charge in [0.25, 0.3) is 0 Å². The van der Waals surface area contributed by atoms with Crippen LogP contribution in [0.4, 0.5) is 10.1 Å². The minimum absolute atomic E-state index is 0.122. The second-order valence-corrected chi connectivity index (χ2v) is 6.20. The van der Waals surface area contributed by atoms with E-state index >= 15 is 0 Å². The van der Waals surface area contributed by atoms with E-state index in [1.165, 1.54) is 0 Å². The third-order valence-electron chi connectivity index (χ3n) is 4.67. The first-order valence-electron chi connectivity index (χ1n) is 8.17. The number of aromatic nitrogens is 1. The van der Waals surface area contributed by atoms with Crippen molar-refractivity contribution in [2.24, 2.45) is 5.73 Å². The maximum Gasteiger partial charge on any atom is 0.147 e. The molecular weight excluding hydrogens is 295 g/mol. The van der Waals surface area contributed by atoms with Crippen molar-refractivity contribution in [3.8, 4) is 0 Å². The number of nitrogens with two attached hydrogens (primary N) is 1. The molecule has 1 fully saturated rings. The van der Waals surface area contributed by atoms with Gasteiger partial charge in [0.1, 0.15) is 5.82 Å². The van der Waals surface area contributed by atoms with Gasteiger partial charge in [-0.25, -0.2) is 4.39 Å². The van der Waals surface area contributed by atoms with E-state index in [2.05, 4.69) is 15.6 Å². The summed E-state index contributed by atoms with van der Waals surface area (Å²) in [5, 5.41) is 7.69. The largest absolute Gasteiger partial charge is 0.379 e. The quantitative estimate of drug-likeness (QED) is 0.639. The highest BCUT2D eigenvalue weighted by atomic mass is 19.1. The Morgan fingerprint density at radius 1 is 1.35 bits per heavy atom. The van der Waals surface area contributed by atoms with Gasteiger partial charge in [-0.1, -0.05) is 0 Å². The summed E-state index contributed by atoms with van der Waals surface area (Å²) in [5.74, 6) is -0.228. The topological polar surface area (TPSA) is 75.1 Å². The van der Waals surface area contributed by atoms with Crippen molar-refractivity contribution in [3.63, 3.8) is 0 Å². The maximum atomic E-state index is 14.8. The lowest BCUT2D eigenvalue weighted by atomic mass is 10.0. The Morgan fingerprint density at radius 2 is 2.09 bits per heavy atom. The molecule has 1 aliphatic heterocycles. The van der Waals surface area contributed by atoms with Gasteiger partial charge in [0, 0.05) is 22.7 Å². The van der Waals surface area contributed by atoms with Crippen molar-refractivity contribution >= 4 is 16.6 Å². The molecule has 1 aromatic carbocycles. The van der Waals surface area contributed by atoms with Gasteiger partial charge < -0.3 is 26.1 Å². The molecule has 126 valence electrons. The van der Waals surface area contributed by atoms with Crippen molar-refractivity contribution in [3.05, 3.63) is 28.7 Å². The normalized spacial score (nSPS) is 16.2. The first-order chi connectivity index (χ1) is 11.1. The standard InChI is InChI=1S/C17H25FN4O/c1-10-11(2)21-16-12(8-23-9-19)7-14(18)17(15(10)16)22-13-3-5-20-6-4-13/h7,13,20-22H,3-6,8-9,19H2,1-2H3. The molecular formula is C17H25FN4O. The van der Waals surface area contributed by atoms with Gasteiger partial charge in [-0.2, -0.15) is 0 Å². The molecule has 0 aliphatic carbocycles. The molecule has 0 spiro atoms. The second-order valence-electron chi connectivity index (χ2n) is 6.20. The third kappa shape index (κ3) is 3.20. The van der Waals surface area contributed by atoms with Crippen LogP contribution in [-0.4, -0.2) is 30.8 Å². The highest BCUT2D eigenvalue weighted by Crippen LogP contribution is 2.35. The predicted octanol–water partition coefficient (Wildman–Crippen LogP) is 2.52. The van der Waals surface area contributed by atoms with Crippen molar-refractivity contribution in [1.82, 2.24) is 10.3 Å². The Hall–Kier alpha value is -1.63. The summed E-state index contributed by atoms with van der Waals surface area (Å²) in [6.07, 6.45) is 2.00. The summed E-state index contributed by atoms with van der Waals surface area (Å²) in [7, 11) is 0. The number of aryl methyl sites for hydroxylation is 2. The minimum Gasteiger partial charge on any atom is -0.379 e. The maximum absolute atomic E-state index is 14.8. The zero-order chi connectivity index (χ0) is 16.4. The molecule has 1 saturated heterocycles. The Morgan fingerprint density at radius 3 is 2.78 bits per heavy atom. The number of piperidine rings is 1. The average Bonchev–Trinajstić information content (AvgIpc) is 2.85. The van der Waals surface area contributed by atoms with Crippen LogP contribution in [-0.2, 0) is 11.3 Å². The molecule has 5 N–H and O–H groups in total. The average molecular weight is 320 g/mol. The molecule has 0 atom stereocenters. The molecule has 6 heteroatoms. The lowest BCUT2D eigenvalue weighted by molar-refractivity contribution is 0.128. The Balaban J connectivity index is 2.04. The zero-order valence-corrected chi connectivity index (χ0v) is 13.8. The van der Waals surface area contributed by atoms with Crippen molar-refractivity contribution in [2.45, 2.75) is 39.3 Å². The fourth-order valence-corrected chi connectivity index (χ4v) is 3.28. The zero-order valence-electron chi connectivity index (χ0n) is 13.8. The number of aromatic amines is 1. The van der Waals surface area contributed by atoms with Crippen LogP contribution in [0.15, 0.2) is 6.07 Å². The highest BCUT2D eigenvalue weighted by molar-refractivity contribution is 5.98. The fraction of sp³-hybridized carbons (Fsp3) is 0.529. The summed E-state index contributed by atoms with van der Waals surface area (Å²) in [6, 6.07) is 1.85. The van der Waals surface area contributed by atoms with Gasteiger partial charge in [-0.15, -0.1) is 0 Å². The number of anilines is 1. The van der Waals surface area contributed by atoms with Crippen LogP contribution < -0.4 is 16.4 Å². The highest BCUT2D eigenvalue weighted by Gasteiger charge is 2.21. The number of benzene rings is 1. The second kappa shape index (κ2) is 6.86. The number of rotatable bonds is 5. The lowest BCUT2D eigenvalue weighted by Gasteiger charge is -2.25. The number of H-pyrrole nitrogens is 1.